The van der Waals surface area contributed by atoms with E-state index in [-0.39, 0.29) is 11.6 Å². The molecule has 130 valence electrons. The second-order valence-corrected chi connectivity index (χ2v) is 5.94. The molecule has 1 amide bonds. The molecule has 0 radical (unpaired) electrons. The van der Waals surface area contributed by atoms with Crippen LogP contribution < -0.4 is 14.8 Å². The summed E-state index contributed by atoms with van der Waals surface area (Å²) in [6, 6.07) is 8.78. The highest BCUT2D eigenvalue weighted by Gasteiger charge is 2.20. The summed E-state index contributed by atoms with van der Waals surface area (Å²) in [5, 5.41) is 14.0. The third-order valence-electron chi connectivity index (χ3n) is 3.79. The lowest BCUT2D eigenvalue weighted by molar-refractivity contribution is -0.384. The van der Waals surface area contributed by atoms with Gasteiger partial charge in [-0.15, -0.1) is 0 Å². The highest BCUT2D eigenvalue weighted by Crippen LogP contribution is 2.38. The molecule has 0 aromatic heterocycles. The van der Waals surface area contributed by atoms with Gasteiger partial charge in [-0.05, 0) is 24.6 Å². The van der Waals surface area contributed by atoms with Crippen LogP contribution in [0.2, 0.25) is 5.02 Å². The van der Waals surface area contributed by atoms with Crippen molar-refractivity contribution in [2.75, 3.05) is 13.2 Å². The maximum absolute atomic E-state index is 12.5. The Kier molecular flexibility index (Phi) is 4.76. The highest BCUT2D eigenvalue weighted by molar-refractivity contribution is 6.32. The summed E-state index contributed by atoms with van der Waals surface area (Å²) < 4.78 is 10.9. The molecule has 2 aromatic rings. The summed E-state index contributed by atoms with van der Waals surface area (Å²) in [6.07, 6.45) is 0. The van der Waals surface area contributed by atoms with E-state index in [0.29, 0.717) is 40.9 Å². The average Bonchev–Trinajstić information content (AvgIpc) is 2.61. The monoisotopic (exact) mass is 362 g/mol. The SMILES string of the molecule is CC(NC(=O)c1cc(Cl)c2c(c1)OCCO2)c1cccc([N+](=O)[O-])c1. The van der Waals surface area contributed by atoms with E-state index in [1.54, 1.807) is 25.1 Å². The first-order valence-electron chi connectivity index (χ1n) is 7.60. The van der Waals surface area contributed by atoms with Gasteiger partial charge in [0.05, 0.1) is 16.0 Å². The van der Waals surface area contributed by atoms with Gasteiger partial charge in [-0.3, -0.25) is 14.9 Å². The van der Waals surface area contributed by atoms with Crippen LogP contribution >= 0.6 is 11.6 Å². The summed E-state index contributed by atoms with van der Waals surface area (Å²) >= 11 is 6.14. The third-order valence-corrected chi connectivity index (χ3v) is 4.07. The lowest BCUT2D eigenvalue weighted by Gasteiger charge is -2.20. The Morgan fingerprint density at radius 2 is 2.04 bits per heavy atom. The van der Waals surface area contributed by atoms with E-state index < -0.39 is 11.0 Å². The van der Waals surface area contributed by atoms with Crippen molar-refractivity contribution < 1.29 is 19.2 Å². The number of non-ortho nitro benzene ring substituents is 1. The number of halogens is 1. The number of benzene rings is 2. The van der Waals surface area contributed by atoms with Crippen LogP contribution in [0.5, 0.6) is 11.5 Å². The number of nitro benzene ring substituents is 1. The first-order valence-corrected chi connectivity index (χ1v) is 7.98. The molecule has 0 saturated carbocycles. The lowest BCUT2D eigenvalue weighted by atomic mass is 10.1. The van der Waals surface area contributed by atoms with Crippen LogP contribution in [0, 0.1) is 10.1 Å². The Labute approximate surface area is 148 Å². The number of fused-ring (bicyclic) bond motifs is 1. The van der Waals surface area contributed by atoms with Crippen LogP contribution in [-0.4, -0.2) is 24.0 Å². The third kappa shape index (κ3) is 3.66. The number of rotatable bonds is 4. The molecule has 0 bridgehead atoms. The molecule has 25 heavy (non-hydrogen) atoms. The number of carbonyl (C=O) groups excluding carboxylic acids is 1. The molecular formula is C17H15ClN2O5. The van der Waals surface area contributed by atoms with Gasteiger partial charge >= 0.3 is 0 Å². The van der Waals surface area contributed by atoms with Crippen molar-refractivity contribution in [3.05, 3.63) is 62.7 Å². The van der Waals surface area contributed by atoms with Gasteiger partial charge in [0, 0.05) is 17.7 Å². The zero-order valence-electron chi connectivity index (χ0n) is 13.3. The van der Waals surface area contributed by atoms with Crippen molar-refractivity contribution in [2.24, 2.45) is 0 Å². The maximum atomic E-state index is 12.5. The number of nitro groups is 1. The van der Waals surface area contributed by atoms with Crippen LogP contribution in [0.1, 0.15) is 28.9 Å². The number of amides is 1. The van der Waals surface area contributed by atoms with E-state index >= 15 is 0 Å². The second kappa shape index (κ2) is 6.98. The van der Waals surface area contributed by atoms with Crippen LogP contribution in [0.4, 0.5) is 5.69 Å². The minimum absolute atomic E-state index is 0.0269. The molecular weight excluding hydrogens is 348 g/mol. The van der Waals surface area contributed by atoms with E-state index in [9.17, 15) is 14.9 Å². The Balaban J connectivity index is 1.79. The number of ether oxygens (including phenoxy) is 2. The van der Waals surface area contributed by atoms with Crippen molar-refractivity contribution >= 4 is 23.2 Å². The quantitative estimate of drug-likeness (QED) is 0.663. The number of carbonyl (C=O) groups is 1. The molecule has 8 heteroatoms. The Morgan fingerprint density at radius 1 is 1.28 bits per heavy atom. The number of hydrogen-bond acceptors (Lipinski definition) is 5. The van der Waals surface area contributed by atoms with Crippen LogP contribution in [-0.2, 0) is 0 Å². The molecule has 0 spiro atoms. The molecule has 1 atom stereocenters. The van der Waals surface area contributed by atoms with Gasteiger partial charge in [0.2, 0.25) is 0 Å². The molecule has 7 nitrogen and oxygen atoms in total. The number of hydrogen-bond donors (Lipinski definition) is 1. The fourth-order valence-corrected chi connectivity index (χ4v) is 2.78. The van der Waals surface area contributed by atoms with E-state index in [1.165, 1.54) is 18.2 Å². The minimum Gasteiger partial charge on any atom is -0.486 e. The topological polar surface area (TPSA) is 90.7 Å². The average molecular weight is 363 g/mol. The normalized spacial score (nSPS) is 13.8. The zero-order valence-corrected chi connectivity index (χ0v) is 14.1. The maximum Gasteiger partial charge on any atom is 0.269 e. The summed E-state index contributed by atoms with van der Waals surface area (Å²) in [5.74, 6) is 0.487. The fraction of sp³-hybridized carbons (Fsp3) is 0.235. The van der Waals surface area contributed by atoms with E-state index in [2.05, 4.69) is 5.32 Å². The Hall–Kier alpha value is -2.80. The summed E-state index contributed by atoms with van der Waals surface area (Å²) in [4.78, 5) is 22.9. The standard InChI is InChI=1S/C17H15ClN2O5/c1-10(11-3-2-4-13(7-11)20(22)23)19-17(21)12-8-14(18)16-15(9-12)24-5-6-25-16/h2-4,7-10H,5-6H2,1H3,(H,19,21). The first-order chi connectivity index (χ1) is 12.0. The summed E-state index contributed by atoms with van der Waals surface area (Å²) in [5.41, 5.74) is 0.929. The van der Waals surface area contributed by atoms with Gasteiger partial charge in [0.25, 0.3) is 11.6 Å². The van der Waals surface area contributed by atoms with Gasteiger partial charge in [-0.25, -0.2) is 0 Å². The van der Waals surface area contributed by atoms with E-state index in [0.717, 1.165) is 0 Å². The van der Waals surface area contributed by atoms with Gasteiger partial charge in [-0.2, -0.15) is 0 Å². The van der Waals surface area contributed by atoms with Crippen LogP contribution in [0.15, 0.2) is 36.4 Å². The highest BCUT2D eigenvalue weighted by atomic mass is 35.5. The molecule has 0 saturated heterocycles. The Bertz CT molecular complexity index is 840. The molecule has 2 aromatic carbocycles. The second-order valence-electron chi connectivity index (χ2n) is 5.53. The predicted molar refractivity (Wildman–Crippen MR) is 91.4 cm³/mol. The fourth-order valence-electron chi connectivity index (χ4n) is 2.51. The minimum atomic E-state index is -0.474. The molecule has 1 unspecified atom stereocenters. The molecule has 0 fully saturated rings. The van der Waals surface area contributed by atoms with Gasteiger partial charge in [0.15, 0.2) is 11.5 Å². The van der Waals surface area contributed by atoms with Crippen molar-refractivity contribution in [2.45, 2.75) is 13.0 Å². The van der Waals surface area contributed by atoms with Crippen molar-refractivity contribution in [3.63, 3.8) is 0 Å². The molecule has 0 aliphatic carbocycles. The van der Waals surface area contributed by atoms with Crippen LogP contribution in [0.3, 0.4) is 0 Å². The molecule has 1 aliphatic heterocycles. The summed E-state index contributed by atoms with van der Waals surface area (Å²) in [7, 11) is 0. The van der Waals surface area contributed by atoms with Gasteiger partial charge < -0.3 is 14.8 Å². The summed E-state index contributed by atoms with van der Waals surface area (Å²) in [6.45, 7) is 2.54. The van der Waals surface area contributed by atoms with Crippen molar-refractivity contribution in [3.8, 4) is 11.5 Å². The van der Waals surface area contributed by atoms with Crippen molar-refractivity contribution in [1.29, 1.82) is 0 Å². The van der Waals surface area contributed by atoms with Crippen molar-refractivity contribution in [1.82, 2.24) is 5.32 Å². The van der Waals surface area contributed by atoms with Crippen LogP contribution in [0.25, 0.3) is 0 Å². The predicted octanol–water partition coefficient (Wildman–Crippen LogP) is 3.51. The molecule has 1 heterocycles. The molecule has 1 aliphatic rings. The van der Waals surface area contributed by atoms with E-state index in [4.69, 9.17) is 21.1 Å². The van der Waals surface area contributed by atoms with E-state index in [1.807, 2.05) is 0 Å². The number of nitrogens with zero attached hydrogens (tertiary/aromatic N) is 1. The Morgan fingerprint density at radius 3 is 2.80 bits per heavy atom. The zero-order chi connectivity index (χ0) is 18.0. The first kappa shape index (κ1) is 17.0. The molecule has 3 rings (SSSR count). The lowest BCUT2D eigenvalue weighted by Crippen LogP contribution is -2.27. The molecule has 1 N–H and O–H groups in total. The van der Waals surface area contributed by atoms with Gasteiger partial charge in [-0.1, -0.05) is 23.7 Å². The largest absolute Gasteiger partial charge is 0.486 e. The smallest absolute Gasteiger partial charge is 0.269 e. The van der Waals surface area contributed by atoms with Gasteiger partial charge in [0.1, 0.15) is 13.2 Å². The number of nitrogens with one attached hydrogen (secondary N) is 1.